The summed E-state index contributed by atoms with van der Waals surface area (Å²) in [6.07, 6.45) is -1.61. The zero-order valence-corrected chi connectivity index (χ0v) is 23.0. The number of ether oxygens (including phenoxy) is 5. The lowest BCUT2D eigenvalue weighted by Gasteiger charge is -2.45. The van der Waals surface area contributed by atoms with Gasteiger partial charge in [0.1, 0.15) is 24.4 Å². The molecule has 0 aromatic heterocycles. The second-order valence-electron chi connectivity index (χ2n) is 10.2. The molecular formula is C35H38O5. The van der Waals surface area contributed by atoms with Gasteiger partial charge in [0.2, 0.25) is 0 Å². The van der Waals surface area contributed by atoms with Crippen LogP contribution < -0.4 is 0 Å². The van der Waals surface area contributed by atoms with E-state index in [-0.39, 0.29) is 24.4 Å². The maximum Gasteiger partial charge on any atom is 0.115 e. The fraction of sp³-hybridized carbons (Fsp3) is 0.314. The van der Waals surface area contributed by atoms with Crippen molar-refractivity contribution in [1.29, 1.82) is 0 Å². The Bertz CT molecular complexity index is 1240. The summed E-state index contributed by atoms with van der Waals surface area (Å²) in [5, 5.41) is 0. The number of hydrogen-bond donors (Lipinski definition) is 0. The van der Waals surface area contributed by atoms with Crippen molar-refractivity contribution in [2.75, 3.05) is 6.61 Å². The highest BCUT2D eigenvalue weighted by Crippen LogP contribution is 2.30. The third-order valence-electron chi connectivity index (χ3n) is 7.12. The smallest absolute Gasteiger partial charge is 0.115 e. The van der Waals surface area contributed by atoms with Crippen LogP contribution in [0.3, 0.4) is 0 Å². The Hall–Kier alpha value is -3.32. The van der Waals surface area contributed by atoms with Gasteiger partial charge in [-0.2, -0.15) is 0 Å². The summed E-state index contributed by atoms with van der Waals surface area (Å²) in [5.74, 6) is 0. The molecule has 0 spiro atoms. The van der Waals surface area contributed by atoms with Crippen LogP contribution in [0.2, 0.25) is 0 Å². The van der Waals surface area contributed by atoms with E-state index in [2.05, 4.69) is 48.5 Å². The SMILES string of the molecule is C[C@H]1O[C@H](COCc2ccccc2)[C@@H](OCc2ccccc2)[C@H](OCc2ccccc2)[C@H]1OCc1ccccc1. The Kier molecular flexibility index (Phi) is 10.5. The molecule has 0 bridgehead atoms. The van der Waals surface area contributed by atoms with E-state index in [0.29, 0.717) is 33.0 Å². The highest BCUT2D eigenvalue weighted by atomic mass is 16.6. The van der Waals surface area contributed by atoms with Gasteiger partial charge in [-0.25, -0.2) is 0 Å². The first kappa shape index (κ1) is 28.2. The molecule has 1 aliphatic heterocycles. The van der Waals surface area contributed by atoms with Crippen LogP contribution >= 0.6 is 0 Å². The van der Waals surface area contributed by atoms with Crippen LogP contribution in [0.5, 0.6) is 0 Å². The highest BCUT2D eigenvalue weighted by Gasteiger charge is 2.46. The van der Waals surface area contributed by atoms with E-state index in [1.165, 1.54) is 0 Å². The van der Waals surface area contributed by atoms with Crippen molar-refractivity contribution in [2.45, 2.75) is 63.9 Å². The normalized spacial score (nSPS) is 22.7. The fourth-order valence-corrected chi connectivity index (χ4v) is 5.02. The lowest BCUT2D eigenvalue weighted by Crippen LogP contribution is -2.60. The predicted octanol–water partition coefficient (Wildman–Crippen LogP) is 6.75. The summed E-state index contributed by atoms with van der Waals surface area (Å²) in [4.78, 5) is 0. The van der Waals surface area contributed by atoms with Gasteiger partial charge in [0, 0.05) is 0 Å². The summed E-state index contributed by atoms with van der Waals surface area (Å²) in [6.45, 7) is 4.29. The number of rotatable bonds is 13. The molecule has 40 heavy (non-hydrogen) atoms. The third kappa shape index (κ3) is 8.10. The minimum atomic E-state index is -0.392. The van der Waals surface area contributed by atoms with E-state index in [4.69, 9.17) is 23.7 Å². The van der Waals surface area contributed by atoms with Gasteiger partial charge in [0.25, 0.3) is 0 Å². The highest BCUT2D eigenvalue weighted by molar-refractivity contribution is 5.16. The Morgan fingerprint density at radius 3 is 1.30 bits per heavy atom. The standard InChI is InChI=1S/C35H38O5/c1-27-33(37-23-29-16-8-3-9-17-29)35(39-25-31-20-12-5-13-21-31)34(38-24-30-18-10-4-11-19-30)32(40-27)26-36-22-28-14-6-2-7-15-28/h2-21,27,32-35H,22-26H2,1H3/t27-,32-,33+,34-,35-/m1/s1. The van der Waals surface area contributed by atoms with E-state index in [0.717, 1.165) is 22.3 Å². The first-order valence-electron chi connectivity index (χ1n) is 14.0. The van der Waals surface area contributed by atoms with Gasteiger partial charge in [-0.15, -0.1) is 0 Å². The second kappa shape index (κ2) is 14.9. The summed E-state index contributed by atoms with van der Waals surface area (Å²) in [5.41, 5.74) is 4.41. The maximum absolute atomic E-state index is 6.65. The average Bonchev–Trinajstić information content (AvgIpc) is 3.01. The Balaban J connectivity index is 1.36. The Labute approximate surface area is 237 Å². The van der Waals surface area contributed by atoms with Crippen molar-refractivity contribution in [3.8, 4) is 0 Å². The van der Waals surface area contributed by atoms with Crippen LogP contribution in [0.1, 0.15) is 29.2 Å². The fourth-order valence-electron chi connectivity index (χ4n) is 5.02. The molecule has 0 N–H and O–H groups in total. The monoisotopic (exact) mass is 538 g/mol. The molecule has 0 saturated carbocycles. The molecule has 0 amide bonds. The van der Waals surface area contributed by atoms with E-state index >= 15 is 0 Å². The third-order valence-corrected chi connectivity index (χ3v) is 7.12. The molecule has 0 aliphatic carbocycles. The molecule has 1 heterocycles. The average molecular weight is 539 g/mol. The van der Waals surface area contributed by atoms with Crippen molar-refractivity contribution >= 4 is 0 Å². The van der Waals surface area contributed by atoms with Crippen molar-refractivity contribution in [2.24, 2.45) is 0 Å². The molecular weight excluding hydrogens is 500 g/mol. The molecule has 1 saturated heterocycles. The minimum Gasteiger partial charge on any atom is -0.374 e. The van der Waals surface area contributed by atoms with Crippen LogP contribution in [-0.2, 0) is 50.1 Å². The van der Waals surface area contributed by atoms with Crippen molar-refractivity contribution in [3.05, 3.63) is 144 Å². The summed E-state index contributed by atoms with van der Waals surface area (Å²) < 4.78 is 32.5. The lowest BCUT2D eigenvalue weighted by molar-refractivity contribution is -0.269. The summed E-state index contributed by atoms with van der Waals surface area (Å²) in [6, 6.07) is 40.8. The largest absolute Gasteiger partial charge is 0.374 e. The molecule has 5 rings (SSSR count). The molecule has 1 fully saturated rings. The summed E-state index contributed by atoms with van der Waals surface area (Å²) >= 11 is 0. The molecule has 5 nitrogen and oxygen atoms in total. The molecule has 1 aliphatic rings. The van der Waals surface area contributed by atoms with E-state index in [9.17, 15) is 0 Å². The van der Waals surface area contributed by atoms with E-state index < -0.39 is 6.10 Å². The van der Waals surface area contributed by atoms with Crippen LogP contribution in [0.25, 0.3) is 0 Å². The number of hydrogen-bond acceptors (Lipinski definition) is 5. The molecule has 4 aromatic rings. The molecule has 4 aromatic carbocycles. The van der Waals surface area contributed by atoms with Gasteiger partial charge in [0.15, 0.2) is 0 Å². The lowest BCUT2D eigenvalue weighted by atomic mass is 9.94. The van der Waals surface area contributed by atoms with Gasteiger partial charge >= 0.3 is 0 Å². The zero-order chi connectivity index (χ0) is 27.4. The Morgan fingerprint density at radius 2 is 0.850 bits per heavy atom. The van der Waals surface area contributed by atoms with Crippen LogP contribution in [0.15, 0.2) is 121 Å². The second-order valence-corrected chi connectivity index (χ2v) is 10.2. The topological polar surface area (TPSA) is 46.2 Å². The molecule has 208 valence electrons. The quantitative estimate of drug-likeness (QED) is 0.189. The molecule has 0 radical (unpaired) electrons. The molecule has 0 unspecified atom stereocenters. The first-order chi connectivity index (χ1) is 19.8. The van der Waals surface area contributed by atoms with Gasteiger partial charge in [-0.1, -0.05) is 121 Å². The molecule has 5 heteroatoms. The van der Waals surface area contributed by atoms with Crippen molar-refractivity contribution < 1.29 is 23.7 Å². The number of benzene rings is 4. The maximum atomic E-state index is 6.65. The van der Waals surface area contributed by atoms with Gasteiger partial charge in [-0.05, 0) is 29.2 Å². The van der Waals surface area contributed by atoms with Gasteiger partial charge in [-0.3, -0.25) is 0 Å². The zero-order valence-electron chi connectivity index (χ0n) is 23.0. The van der Waals surface area contributed by atoms with Crippen LogP contribution in [0, 0.1) is 0 Å². The predicted molar refractivity (Wildman–Crippen MR) is 155 cm³/mol. The van der Waals surface area contributed by atoms with Gasteiger partial charge < -0.3 is 23.7 Å². The molecule has 5 atom stereocenters. The van der Waals surface area contributed by atoms with E-state index in [1.807, 2.05) is 79.7 Å². The summed E-state index contributed by atoms with van der Waals surface area (Å²) in [7, 11) is 0. The van der Waals surface area contributed by atoms with Crippen molar-refractivity contribution in [1.82, 2.24) is 0 Å². The Morgan fingerprint density at radius 1 is 0.475 bits per heavy atom. The van der Waals surface area contributed by atoms with E-state index in [1.54, 1.807) is 0 Å². The first-order valence-corrected chi connectivity index (χ1v) is 14.0. The van der Waals surface area contributed by atoms with Crippen LogP contribution in [-0.4, -0.2) is 37.1 Å². The van der Waals surface area contributed by atoms with Gasteiger partial charge in [0.05, 0.1) is 39.1 Å². The van der Waals surface area contributed by atoms with Crippen LogP contribution in [0.4, 0.5) is 0 Å². The minimum absolute atomic E-state index is 0.216. The van der Waals surface area contributed by atoms with Crippen molar-refractivity contribution in [3.63, 3.8) is 0 Å².